The fourth-order valence-corrected chi connectivity index (χ4v) is 5.75. The second-order valence-electron chi connectivity index (χ2n) is 11.6. The fourth-order valence-electron chi connectivity index (χ4n) is 5.75. The molecule has 2 heterocycles. The number of nitrogens with zero attached hydrogens (tertiary/aromatic N) is 3. The average Bonchev–Trinajstić information content (AvgIpc) is 3.57. The monoisotopic (exact) mass is 447 g/mol. The molecule has 1 saturated heterocycles. The number of pyridine rings is 1. The van der Waals surface area contributed by atoms with Crippen LogP contribution in [0, 0.1) is 11.8 Å². The van der Waals surface area contributed by atoms with Crippen LogP contribution in [-0.4, -0.2) is 53.7 Å². The average molecular weight is 448 g/mol. The lowest BCUT2D eigenvalue weighted by molar-refractivity contribution is -0.138. The number of benzene rings is 1. The Bertz CT molecular complexity index is 1050. The molecule has 1 N–H and O–H groups in total. The molecule has 3 aliphatic rings. The van der Waals surface area contributed by atoms with Gasteiger partial charge in [0.2, 0.25) is 0 Å². The summed E-state index contributed by atoms with van der Waals surface area (Å²) < 4.78 is 0. The van der Waals surface area contributed by atoms with E-state index in [2.05, 4.69) is 73.9 Å². The van der Waals surface area contributed by atoms with Crippen LogP contribution in [-0.2, 0) is 15.6 Å². The summed E-state index contributed by atoms with van der Waals surface area (Å²) in [5.41, 5.74) is 5.61. The maximum absolute atomic E-state index is 11.1. The standard InChI is InChI=1S/C28H37N3O2/c1-27(2)10-11-28(3,4)23-17-19(8-9-22(23)27)24-6-5-7-25(29-24)31-14-12-30(13-15-31)18-20-16-21(20)26(32)33/h5-9,17,20-21H,10-16,18H2,1-4H3,(H,32,33). The van der Waals surface area contributed by atoms with Gasteiger partial charge in [-0.15, -0.1) is 0 Å². The minimum absolute atomic E-state index is 0.117. The Labute approximate surface area is 197 Å². The highest BCUT2D eigenvalue weighted by Gasteiger charge is 2.44. The Morgan fingerprint density at radius 1 is 1.00 bits per heavy atom. The Kier molecular flexibility index (Phi) is 5.51. The van der Waals surface area contributed by atoms with Gasteiger partial charge in [-0.05, 0) is 65.3 Å². The number of fused-ring (bicyclic) bond motifs is 1. The van der Waals surface area contributed by atoms with Crippen LogP contribution in [0.2, 0.25) is 0 Å². The van der Waals surface area contributed by atoms with Crippen molar-refractivity contribution in [2.75, 3.05) is 37.6 Å². The van der Waals surface area contributed by atoms with E-state index in [1.165, 1.54) is 29.5 Å². The molecule has 33 heavy (non-hydrogen) atoms. The molecule has 0 radical (unpaired) electrons. The van der Waals surface area contributed by atoms with Gasteiger partial charge in [0.1, 0.15) is 5.82 Å². The molecule has 2 fully saturated rings. The molecule has 2 unspecified atom stereocenters. The van der Waals surface area contributed by atoms with Crippen molar-refractivity contribution in [3.8, 4) is 11.3 Å². The molecule has 5 heteroatoms. The van der Waals surface area contributed by atoms with Crippen molar-refractivity contribution < 1.29 is 9.90 Å². The number of carbonyl (C=O) groups is 1. The van der Waals surface area contributed by atoms with Crippen molar-refractivity contribution in [3.63, 3.8) is 0 Å². The van der Waals surface area contributed by atoms with E-state index in [4.69, 9.17) is 10.1 Å². The van der Waals surface area contributed by atoms with Crippen molar-refractivity contribution in [3.05, 3.63) is 47.5 Å². The van der Waals surface area contributed by atoms with Crippen molar-refractivity contribution >= 4 is 11.8 Å². The lowest BCUT2D eigenvalue weighted by Crippen LogP contribution is -2.47. The number of rotatable bonds is 5. The van der Waals surface area contributed by atoms with Crippen LogP contribution in [0.4, 0.5) is 5.82 Å². The number of anilines is 1. The van der Waals surface area contributed by atoms with Crippen LogP contribution in [0.5, 0.6) is 0 Å². The summed E-state index contributed by atoms with van der Waals surface area (Å²) in [5, 5.41) is 9.15. The molecule has 5 nitrogen and oxygen atoms in total. The van der Waals surface area contributed by atoms with E-state index < -0.39 is 5.97 Å². The van der Waals surface area contributed by atoms with Crippen molar-refractivity contribution in [2.24, 2.45) is 11.8 Å². The predicted octanol–water partition coefficient (Wildman–Crippen LogP) is 4.94. The number of hydrogen-bond donors (Lipinski definition) is 1. The quantitative estimate of drug-likeness (QED) is 0.704. The van der Waals surface area contributed by atoms with Gasteiger partial charge in [-0.25, -0.2) is 4.98 Å². The number of piperazine rings is 1. The molecule has 1 aromatic heterocycles. The van der Waals surface area contributed by atoms with E-state index in [1.54, 1.807) is 0 Å². The highest BCUT2D eigenvalue weighted by Crippen LogP contribution is 2.46. The first kappa shape index (κ1) is 22.4. The Balaban J connectivity index is 1.30. The van der Waals surface area contributed by atoms with Crippen LogP contribution in [0.3, 0.4) is 0 Å². The van der Waals surface area contributed by atoms with Crippen molar-refractivity contribution in [1.29, 1.82) is 0 Å². The Hall–Kier alpha value is -2.40. The van der Waals surface area contributed by atoms with Gasteiger partial charge in [0.05, 0.1) is 11.6 Å². The summed E-state index contributed by atoms with van der Waals surface area (Å²) in [6.07, 6.45) is 3.28. The molecule has 176 valence electrons. The van der Waals surface area contributed by atoms with Crippen molar-refractivity contribution in [1.82, 2.24) is 9.88 Å². The van der Waals surface area contributed by atoms with Crippen LogP contribution in [0.1, 0.15) is 58.1 Å². The zero-order valence-corrected chi connectivity index (χ0v) is 20.5. The molecule has 2 aromatic rings. The summed E-state index contributed by atoms with van der Waals surface area (Å²) in [6.45, 7) is 14.2. The highest BCUT2D eigenvalue weighted by molar-refractivity contribution is 5.73. The lowest BCUT2D eigenvalue weighted by atomic mass is 9.63. The van der Waals surface area contributed by atoms with Gasteiger partial charge in [-0.1, -0.05) is 45.9 Å². The molecular formula is C28H37N3O2. The maximum Gasteiger partial charge on any atom is 0.306 e. The number of carboxylic acids is 1. The van der Waals surface area contributed by atoms with E-state index in [-0.39, 0.29) is 16.7 Å². The summed E-state index contributed by atoms with van der Waals surface area (Å²) >= 11 is 0. The smallest absolute Gasteiger partial charge is 0.306 e. The van der Waals surface area contributed by atoms with Crippen molar-refractivity contribution in [2.45, 2.75) is 57.8 Å². The van der Waals surface area contributed by atoms with Crippen LogP contribution in [0.25, 0.3) is 11.3 Å². The summed E-state index contributed by atoms with van der Waals surface area (Å²) in [5.74, 6) is 0.635. The minimum atomic E-state index is -0.631. The van der Waals surface area contributed by atoms with Gasteiger partial charge >= 0.3 is 5.97 Å². The van der Waals surface area contributed by atoms with Gasteiger partial charge in [-0.3, -0.25) is 9.69 Å². The summed E-state index contributed by atoms with van der Waals surface area (Å²) in [7, 11) is 0. The molecule has 5 rings (SSSR count). The van der Waals surface area contributed by atoms with Gasteiger partial charge in [0.25, 0.3) is 0 Å². The van der Waals surface area contributed by atoms with Gasteiger partial charge < -0.3 is 10.0 Å². The minimum Gasteiger partial charge on any atom is -0.481 e. The number of hydrogen-bond acceptors (Lipinski definition) is 4. The molecule has 0 amide bonds. The third-order valence-electron chi connectivity index (χ3n) is 8.31. The lowest BCUT2D eigenvalue weighted by Gasteiger charge is -2.42. The predicted molar refractivity (Wildman–Crippen MR) is 133 cm³/mol. The van der Waals surface area contributed by atoms with E-state index in [0.717, 1.165) is 50.7 Å². The number of aromatic nitrogens is 1. The molecule has 1 saturated carbocycles. The fraction of sp³-hybridized carbons (Fsp3) is 0.571. The SMILES string of the molecule is CC1(C)CCC(C)(C)c2cc(-c3cccc(N4CCN(CC5CC5C(=O)O)CC4)n3)ccc21. The number of aliphatic carboxylic acids is 1. The summed E-state index contributed by atoms with van der Waals surface area (Å²) in [4.78, 5) is 21.0. The van der Waals surface area contributed by atoms with E-state index >= 15 is 0 Å². The largest absolute Gasteiger partial charge is 0.481 e. The molecular weight excluding hydrogens is 410 g/mol. The first-order valence-electron chi connectivity index (χ1n) is 12.5. The first-order valence-corrected chi connectivity index (χ1v) is 12.5. The molecule has 1 aliphatic heterocycles. The zero-order valence-electron chi connectivity index (χ0n) is 20.5. The normalized spacial score (nSPS) is 26.0. The third kappa shape index (κ3) is 4.40. The van der Waals surface area contributed by atoms with Crippen LogP contribution < -0.4 is 4.90 Å². The van der Waals surface area contributed by atoms with E-state index in [1.807, 2.05) is 0 Å². The second kappa shape index (κ2) is 8.12. The summed E-state index contributed by atoms with van der Waals surface area (Å²) in [6, 6.07) is 13.3. The Morgan fingerprint density at radius 3 is 2.36 bits per heavy atom. The van der Waals surface area contributed by atoms with Gasteiger partial charge in [-0.2, -0.15) is 0 Å². The third-order valence-corrected chi connectivity index (χ3v) is 8.31. The molecule has 0 spiro atoms. The van der Waals surface area contributed by atoms with Crippen LogP contribution >= 0.6 is 0 Å². The molecule has 0 bridgehead atoms. The maximum atomic E-state index is 11.1. The molecule has 2 aliphatic carbocycles. The first-order chi connectivity index (χ1) is 15.6. The van der Waals surface area contributed by atoms with Crippen LogP contribution in [0.15, 0.2) is 36.4 Å². The molecule has 1 aromatic carbocycles. The number of carboxylic acid groups (broad SMARTS) is 1. The van der Waals surface area contributed by atoms with Gasteiger partial charge in [0.15, 0.2) is 0 Å². The topological polar surface area (TPSA) is 56.7 Å². The van der Waals surface area contributed by atoms with E-state index in [0.29, 0.717) is 5.92 Å². The Morgan fingerprint density at radius 2 is 1.70 bits per heavy atom. The van der Waals surface area contributed by atoms with Gasteiger partial charge in [0, 0.05) is 38.3 Å². The second-order valence-corrected chi connectivity index (χ2v) is 11.6. The zero-order chi connectivity index (χ0) is 23.4. The molecule has 2 atom stereocenters. The van der Waals surface area contributed by atoms with E-state index in [9.17, 15) is 4.79 Å². The highest BCUT2D eigenvalue weighted by atomic mass is 16.4.